The van der Waals surface area contributed by atoms with E-state index < -0.39 is 0 Å². The van der Waals surface area contributed by atoms with Gasteiger partial charge < -0.3 is 17.1 Å². The lowest BCUT2D eigenvalue weighted by Gasteiger charge is -1.90. The Morgan fingerprint density at radius 3 is 2.22 bits per heavy atom. The van der Waals surface area contributed by atoms with Crippen LogP contribution in [0.1, 0.15) is 13.3 Å². The highest BCUT2D eigenvalue weighted by Gasteiger charge is 2.02. The van der Waals surface area contributed by atoms with Crippen LogP contribution in [0.5, 0.6) is 0 Å². The van der Waals surface area contributed by atoms with E-state index in [4.69, 9.17) is 5.41 Å². The zero-order chi connectivity index (χ0) is 6.57. The van der Waals surface area contributed by atoms with Crippen molar-refractivity contribution in [2.24, 2.45) is 0 Å². The van der Waals surface area contributed by atoms with Gasteiger partial charge in [0.1, 0.15) is 6.42 Å². The van der Waals surface area contributed by atoms with Gasteiger partial charge >= 0.3 is 5.97 Å². The number of esters is 1. The zero-order valence-corrected chi connectivity index (χ0v) is 6.23. The molecule has 0 aromatic rings. The van der Waals surface area contributed by atoms with Crippen molar-refractivity contribution in [3.05, 3.63) is 0 Å². The molecule has 0 saturated carbocycles. The van der Waals surface area contributed by atoms with Crippen LogP contribution in [0.15, 0.2) is 0 Å². The van der Waals surface area contributed by atoms with Crippen molar-refractivity contribution in [1.82, 2.24) is 0 Å². The number of halogens is 1. The molecule has 0 unspecified atom stereocenters. The minimum atomic E-state index is -0.287. The number of methoxy groups -OCH3 is 1. The highest BCUT2D eigenvalue weighted by Crippen LogP contribution is 1.81. The normalized spacial score (nSPS) is 7.33. The molecule has 0 heterocycles. The molecule has 0 aliphatic carbocycles. The molecule has 0 aliphatic rings. The van der Waals surface area contributed by atoms with E-state index >= 15 is 0 Å². The van der Waals surface area contributed by atoms with Gasteiger partial charge in [0.25, 0.3) is 0 Å². The number of hydrogen-bond acceptors (Lipinski definition) is 2. The second-order valence-electron chi connectivity index (χ2n) is 1.60. The lowest BCUT2D eigenvalue weighted by atomic mass is 10.3. The molecule has 0 amide bonds. The summed E-state index contributed by atoms with van der Waals surface area (Å²) in [4.78, 5) is 10.3. The van der Waals surface area contributed by atoms with E-state index in [-0.39, 0.29) is 24.8 Å². The Hall–Kier alpha value is -0.570. The number of carbonyl (C=O) groups is 1. The van der Waals surface area contributed by atoms with Gasteiger partial charge in [0, 0.05) is 6.92 Å². The Labute approximate surface area is 60.3 Å². The minimum Gasteiger partial charge on any atom is -1.00 e. The molecular formula is C5H10ClNO2. The van der Waals surface area contributed by atoms with E-state index in [1.54, 1.807) is 6.92 Å². The smallest absolute Gasteiger partial charge is 0.315 e. The quantitative estimate of drug-likeness (QED) is 0.321. The van der Waals surface area contributed by atoms with Gasteiger partial charge in [-0.3, -0.25) is 10.2 Å². The van der Waals surface area contributed by atoms with Crippen LogP contribution in [0.25, 0.3) is 0 Å². The largest absolute Gasteiger partial charge is 1.00 e. The maximum absolute atomic E-state index is 10.3. The molecular weight excluding hydrogens is 142 g/mol. The molecule has 0 aromatic carbocycles. The molecule has 0 bridgehead atoms. The first-order valence-electron chi connectivity index (χ1n) is 2.31. The molecule has 0 radical (unpaired) electrons. The molecule has 4 heteroatoms. The van der Waals surface area contributed by atoms with Crippen LogP contribution < -0.4 is 17.8 Å². The second-order valence-corrected chi connectivity index (χ2v) is 1.60. The van der Waals surface area contributed by atoms with Crippen LogP contribution in [0.2, 0.25) is 0 Å². The molecule has 2 N–H and O–H groups in total. The topological polar surface area (TPSA) is 51.9 Å². The molecule has 3 nitrogen and oxygen atoms in total. The summed E-state index contributed by atoms with van der Waals surface area (Å²) in [6.45, 7) is 1.68. The number of hydrogen-bond donors (Lipinski definition) is 1. The summed E-state index contributed by atoms with van der Waals surface area (Å²) in [6, 6.07) is 0. The molecule has 0 spiro atoms. The number of nitrogens with two attached hydrogens (primary N) is 1. The van der Waals surface area contributed by atoms with Crippen molar-refractivity contribution in [2.45, 2.75) is 13.3 Å². The summed E-state index contributed by atoms with van der Waals surface area (Å²) in [6.07, 6.45) is 0.219. The van der Waals surface area contributed by atoms with Crippen molar-refractivity contribution in [1.29, 1.82) is 0 Å². The average molecular weight is 152 g/mol. The molecule has 0 saturated heterocycles. The Balaban J connectivity index is 0. The second kappa shape index (κ2) is 5.56. The highest BCUT2D eigenvalue weighted by atomic mass is 35.5. The molecule has 0 aromatic heterocycles. The highest BCUT2D eigenvalue weighted by molar-refractivity contribution is 5.93. The summed E-state index contributed by atoms with van der Waals surface area (Å²) >= 11 is 0. The third kappa shape index (κ3) is 7.43. The van der Waals surface area contributed by atoms with Gasteiger partial charge in [0.05, 0.1) is 7.11 Å². The zero-order valence-electron chi connectivity index (χ0n) is 5.48. The van der Waals surface area contributed by atoms with Crippen molar-refractivity contribution < 1.29 is 27.3 Å². The third-order valence-electron chi connectivity index (χ3n) is 0.651. The van der Waals surface area contributed by atoms with Gasteiger partial charge in [0.15, 0.2) is 5.71 Å². The third-order valence-corrected chi connectivity index (χ3v) is 0.651. The summed E-state index contributed by atoms with van der Waals surface area (Å²) in [5, 5.41) is 5.18. The predicted octanol–water partition coefficient (Wildman–Crippen LogP) is -4.23. The number of rotatable bonds is 2. The van der Waals surface area contributed by atoms with Gasteiger partial charge in [-0.25, -0.2) is 0 Å². The van der Waals surface area contributed by atoms with Crippen molar-refractivity contribution in [3.8, 4) is 0 Å². The lowest BCUT2D eigenvalue weighted by Crippen LogP contribution is -3.00. The first kappa shape index (κ1) is 11.3. The van der Waals surface area contributed by atoms with Crippen LogP contribution in [-0.2, 0) is 9.53 Å². The minimum absolute atomic E-state index is 0. The lowest BCUT2D eigenvalue weighted by molar-refractivity contribution is -0.142. The van der Waals surface area contributed by atoms with Gasteiger partial charge in [-0.05, 0) is 0 Å². The van der Waals surface area contributed by atoms with Crippen LogP contribution in [-0.4, -0.2) is 18.8 Å². The summed E-state index contributed by atoms with van der Waals surface area (Å²) in [5.41, 5.74) is 0.580. The maximum atomic E-state index is 10.3. The van der Waals surface area contributed by atoms with Gasteiger partial charge in [-0.1, -0.05) is 0 Å². The molecule has 54 valence electrons. The van der Waals surface area contributed by atoms with E-state index in [2.05, 4.69) is 4.74 Å². The van der Waals surface area contributed by atoms with Crippen LogP contribution in [0.4, 0.5) is 0 Å². The fourth-order valence-electron chi connectivity index (χ4n) is 0.300. The van der Waals surface area contributed by atoms with E-state index in [9.17, 15) is 4.79 Å². The van der Waals surface area contributed by atoms with Crippen LogP contribution in [0, 0.1) is 0 Å². The van der Waals surface area contributed by atoms with Crippen LogP contribution >= 0.6 is 0 Å². The molecule has 9 heavy (non-hydrogen) atoms. The first-order chi connectivity index (χ1) is 3.66. The summed E-state index contributed by atoms with van der Waals surface area (Å²) in [7, 11) is 1.34. The van der Waals surface area contributed by atoms with Crippen molar-refractivity contribution in [3.63, 3.8) is 0 Å². The van der Waals surface area contributed by atoms with E-state index in [0.717, 1.165) is 0 Å². The maximum Gasteiger partial charge on any atom is 0.315 e. The van der Waals surface area contributed by atoms with Gasteiger partial charge in [-0.15, -0.1) is 0 Å². The standard InChI is InChI=1S/C5H9NO2.ClH/c1-4(6)3-5(7)8-2;/h6H,3H2,1-2H3;1H. The van der Waals surface area contributed by atoms with E-state index in [0.29, 0.717) is 5.71 Å². The fraction of sp³-hybridized carbons (Fsp3) is 0.600. The average Bonchev–Trinajstić information content (AvgIpc) is 1.65. The molecule has 0 rings (SSSR count). The van der Waals surface area contributed by atoms with Gasteiger partial charge in [0.2, 0.25) is 0 Å². The number of carbonyl (C=O) groups excluding carboxylic acids is 1. The summed E-state index contributed by atoms with van der Waals surface area (Å²) in [5.74, 6) is -0.287. The fourth-order valence-corrected chi connectivity index (χ4v) is 0.300. The Morgan fingerprint density at radius 2 is 2.11 bits per heavy atom. The van der Waals surface area contributed by atoms with E-state index in [1.165, 1.54) is 7.11 Å². The molecule has 0 fully saturated rings. The molecule has 0 atom stereocenters. The Morgan fingerprint density at radius 1 is 1.67 bits per heavy atom. The summed E-state index contributed by atoms with van der Waals surface area (Å²) < 4.78 is 4.32. The number of ether oxygens (including phenoxy) is 1. The van der Waals surface area contributed by atoms with E-state index in [1.807, 2.05) is 0 Å². The van der Waals surface area contributed by atoms with Gasteiger partial charge in [-0.2, -0.15) is 0 Å². The SMILES string of the molecule is COC(=O)CC(C)=[NH2+].[Cl-]. The predicted molar refractivity (Wildman–Crippen MR) is 29.2 cm³/mol. The Bertz CT molecular complexity index is 114. The van der Waals surface area contributed by atoms with Crippen molar-refractivity contribution in [2.75, 3.05) is 7.11 Å². The first-order valence-corrected chi connectivity index (χ1v) is 2.31. The Kier molecular flexibility index (Phi) is 6.96. The monoisotopic (exact) mass is 151 g/mol. The van der Waals surface area contributed by atoms with Crippen molar-refractivity contribution >= 4 is 11.7 Å². The molecule has 0 aliphatic heterocycles. The van der Waals surface area contributed by atoms with Crippen LogP contribution in [0.3, 0.4) is 0 Å².